The molecule has 19 heavy (non-hydrogen) atoms. The topological polar surface area (TPSA) is 78.9 Å². The van der Waals surface area contributed by atoms with Crippen LogP contribution in [-0.4, -0.2) is 36.7 Å². The Balaban J connectivity index is 2.71. The number of hydrogen-bond donors (Lipinski definition) is 0. The number of hydrogen-bond acceptors (Lipinski definition) is 6. The van der Waals surface area contributed by atoms with Crippen LogP contribution in [0.5, 0.6) is 0 Å². The number of carbonyl (C=O) groups is 3. The summed E-state index contributed by atoms with van der Waals surface area (Å²) in [5.74, 6) is -1.23. The lowest BCUT2D eigenvalue weighted by atomic mass is 9.79. The van der Waals surface area contributed by atoms with E-state index >= 15 is 0 Å². The van der Waals surface area contributed by atoms with Gasteiger partial charge in [-0.25, -0.2) is 0 Å². The predicted molar refractivity (Wildman–Crippen MR) is 65.1 cm³/mol. The third-order valence-electron chi connectivity index (χ3n) is 3.05. The minimum atomic E-state index is -0.740. The quantitative estimate of drug-likeness (QED) is 0.534. The summed E-state index contributed by atoms with van der Waals surface area (Å²) in [5, 5.41) is 0. The van der Waals surface area contributed by atoms with Crippen molar-refractivity contribution < 1.29 is 28.6 Å². The molecule has 0 N–H and O–H groups in total. The molecule has 0 aromatic rings. The van der Waals surface area contributed by atoms with Crippen LogP contribution in [0.1, 0.15) is 40.0 Å². The van der Waals surface area contributed by atoms with Crippen LogP contribution in [0, 0.1) is 5.92 Å². The van der Waals surface area contributed by atoms with Crippen LogP contribution in [0.15, 0.2) is 0 Å². The zero-order valence-corrected chi connectivity index (χ0v) is 11.5. The average Bonchev–Trinajstić information content (AvgIpc) is 2.19. The van der Waals surface area contributed by atoms with E-state index in [1.54, 1.807) is 0 Å². The summed E-state index contributed by atoms with van der Waals surface area (Å²) in [7, 11) is 0. The van der Waals surface area contributed by atoms with E-state index in [9.17, 15) is 14.4 Å². The monoisotopic (exact) mass is 272 g/mol. The first-order valence-electron chi connectivity index (χ1n) is 6.38. The van der Waals surface area contributed by atoms with Gasteiger partial charge < -0.3 is 14.2 Å². The van der Waals surface area contributed by atoms with Gasteiger partial charge >= 0.3 is 17.9 Å². The second-order valence-electron chi connectivity index (χ2n) is 4.72. The van der Waals surface area contributed by atoms with Gasteiger partial charge in [-0.15, -0.1) is 0 Å². The number of ether oxygens (including phenoxy) is 3. The molecule has 6 nitrogen and oxygen atoms in total. The van der Waals surface area contributed by atoms with Crippen molar-refractivity contribution in [1.82, 2.24) is 0 Å². The van der Waals surface area contributed by atoms with Gasteiger partial charge in [-0.1, -0.05) is 6.42 Å². The Labute approximate surface area is 112 Å². The van der Waals surface area contributed by atoms with E-state index in [1.807, 2.05) is 0 Å². The fraction of sp³-hybridized carbons (Fsp3) is 0.769. The molecule has 0 amide bonds. The molecular weight excluding hydrogens is 252 g/mol. The van der Waals surface area contributed by atoms with Crippen LogP contribution in [-0.2, 0) is 28.6 Å². The number of esters is 3. The van der Waals surface area contributed by atoms with Gasteiger partial charge in [-0.3, -0.25) is 14.4 Å². The second-order valence-corrected chi connectivity index (χ2v) is 4.72. The highest BCUT2D eigenvalue weighted by Crippen LogP contribution is 2.33. The van der Waals surface area contributed by atoms with E-state index in [1.165, 1.54) is 20.8 Å². The molecule has 0 aromatic carbocycles. The molecule has 1 aliphatic rings. The van der Waals surface area contributed by atoms with E-state index in [0.29, 0.717) is 0 Å². The Hall–Kier alpha value is -1.59. The maximum atomic E-state index is 11.2. The van der Waals surface area contributed by atoms with Gasteiger partial charge in [0.15, 0.2) is 6.10 Å². The lowest BCUT2D eigenvalue weighted by Crippen LogP contribution is -2.45. The van der Waals surface area contributed by atoms with Gasteiger partial charge in [-0.05, 0) is 18.8 Å². The molecule has 108 valence electrons. The van der Waals surface area contributed by atoms with Gasteiger partial charge in [-0.2, -0.15) is 0 Å². The van der Waals surface area contributed by atoms with Crippen molar-refractivity contribution >= 4 is 17.9 Å². The normalized spacial score (nSPS) is 17.8. The summed E-state index contributed by atoms with van der Waals surface area (Å²) >= 11 is 0. The van der Waals surface area contributed by atoms with Crippen LogP contribution in [0.4, 0.5) is 0 Å². The lowest BCUT2D eigenvalue weighted by molar-refractivity contribution is -0.180. The smallest absolute Gasteiger partial charge is 0.303 e. The summed E-state index contributed by atoms with van der Waals surface area (Å²) in [6, 6.07) is 0. The SMILES string of the molecule is CC(=O)OC[C@@H](OC(C)=O)C(OC(C)=O)C1CCC1. The maximum absolute atomic E-state index is 11.2. The first kappa shape index (κ1) is 15.5. The number of carbonyl (C=O) groups excluding carboxylic acids is 3. The van der Waals surface area contributed by atoms with Gasteiger partial charge in [0.1, 0.15) is 12.7 Å². The Kier molecular flexibility index (Phi) is 5.79. The van der Waals surface area contributed by atoms with Crippen molar-refractivity contribution in [3.63, 3.8) is 0 Å². The van der Waals surface area contributed by atoms with E-state index in [0.717, 1.165) is 19.3 Å². The molecule has 0 spiro atoms. The summed E-state index contributed by atoms with van der Waals surface area (Å²) < 4.78 is 15.2. The van der Waals surface area contributed by atoms with Crippen molar-refractivity contribution in [2.24, 2.45) is 5.92 Å². The average molecular weight is 272 g/mol. The Morgan fingerprint density at radius 1 is 1.00 bits per heavy atom. The molecule has 0 aliphatic heterocycles. The van der Waals surface area contributed by atoms with Crippen LogP contribution in [0.25, 0.3) is 0 Å². The van der Waals surface area contributed by atoms with Gasteiger partial charge in [0, 0.05) is 20.8 Å². The highest BCUT2D eigenvalue weighted by molar-refractivity contribution is 5.68. The van der Waals surface area contributed by atoms with Crippen molar-refractivity contribution in [2.45, 2.75) is 52.2 Å². The molecule has 1 aliphatic carbocycles. The third kappa shape index (κ3) is 5.28. The van der Waals surface area contributed by atoms with Gasteiger partial charge in [0.2, 0.25) is 0 Å². The highest BCUT2D eigenvalue weighted by atomic mass is 16.6. The Morgan fingerprint density at radius 3 is 1.95 bits per heavy atom. The molecule has 1 unspecified atom stereocenters. The minimum absolute atomic E-state index is 0.0939. The first-order valence-corrected chi connectivity index (χ1v) is 6.38. The highest BCUT2D eigenvalue weighted by Gasteiger charge is 2.38. The molecule has 0 bridgehead atoms. The second kappa shape index (κ2) is 7.11. The maximum Gasteiger partial charge on any atom is 0.303 e. The molecule has 0 saturated heterocycles. The van der Waals surface area contributed by atoms with E-state index in [-0.39, 0.29) is 12.5 Å². The van der Waals surface area contributed by atoms with E-state index in [4.69, 9.17) is 14.2 Å². The molecular formula is C13H20O6. The number of rotatable bonds is 6. The predicted octanol–water partition coefficient (Wildman–Crippen LogP) is 1.21. The molecule has 1 fully saturated rings. The minimum Gasteiger partial charge on any atom is -0.462 e. The van der Waals surface area contributed by atoms with Crippen molar-refractivity contribution in [1.29, 1.82) is 0 Å². The fourth-order valence-electron chi connectivity index (χ4n) is 2.04. The standard InChI is InChI=1S/C13H20O6/c1-8(14)17-7-12(18-9(2)15)13(19-10(3)16)11-5-4-6-11/h11-13H,4-7H2,1-3H3/t12-,13?/m1/s1. The van der Waals surface area contributed by atoms with Crippen LogP contribution in [0.2, 0.25) is 0 Å². The van der Waals surface area contributed by atoms with Crippen LogP contribution < -0.4 is 0 Å². The van der Waals surface area contributed by atoms with E-state index < -0.39 is 30.1 Å². The molecule has 0 radical (unpaired) electrons. The summed E-state index contributed by atoms with van der Waals surface area (Å²) in [6.45, 7) is 3.76. The zero-order valence-electron chi connectivity index (χ0n) is 11.5. The summed E-state index contributed by atoms with van der Waals surface area (Å²) in [4.78, 5) is 33.1. The summed E-state index contributed by atoms with van der Waals surface area (Å²) in [6.07, 6.45) is 1.60. The Morgan fingerprint density at radius 2 is 1.58 bits per heavy atom. The first-order chi connectivity index (χ1) is 8.90. The summed E-state index contributed by atoms with van der Waals surface area (Å²) in [5.41, 5.74) is 0. The van der Waals surface area contributed by atoms with Gasteiger partial charge in [0.25, 0.3) is 0 Å². The van der Waals surface area contributed by atoms with Gasteiger partial charge in [0.05, 0.1) is 0 Å². The molecule has 0 aromatic heterocycles. The molecule has 2 atom stereocenters. The zero-order chi connectivity index (χ0) is 14.4. The Bertz CT molecular complexity index is 347. The molecule has 6 heteroatoms. The molecule has 0 heterocycles. The van der Waals surface area contributed by atoms with Crippen LogP contribution >= 0.6 is 0 Å². The molecule has 1 saturated carbocycles. The molecule has 1 rings (SSSR count). The van der Waals surface area contributed by atoms with Crippen LogP contribution in [0.3, 0.4) is 0 Å². The van der Waals surface area contributed by atoms with Crippen molar-refractivity contribution in [3.05, 3.63) is 0 Å². The third-order valence-corrected chi connectivity index (χ3v) is 3.05. The lowest BCUT2D eigenvalue weighted by Gasteiger charge is -2.36. The van der Waals surface area contributed by atoms with E-state index in [2.05, 4.69) is 0 Å². The van der Waals surface area contributed by atoms with Crippen molar-refractivity contribution in [2.75, 3.05) is 6.61 Å². The largest absolute Gasteiger partial charge is 0.462 e. The fourth-order valence-corrected chi connectivity index (χ4v) is 2.04. The van der Waals surface area contributed by atoms with Crippen molar-refractivity contribution in [3.8, 4) is 0 Å².